The van der Waals surface area contributed by atoms with Crippen LogP contribution in [0.1, 0.15) is 5.89 Å². The van der Waals surface area contributed by atoms with E-state index in [0.29, 0.717) is 21.6 Å². The molecule has 0 N–H and O–H groups in total. The molecule has 0 fully saturated rings. The van der Waals surface area contributed by atoms with Crippen LogP contribution in [0.25, 0.3) is 11.5 Å². The molecule has 1 aromatic heterocycles. The molecular formula is C8H9NOS. The smallest absolute Gasteiger partial charge is 0.192 e. The normalized spacial score (nSPS) is 12.9. The van der Waals surface area contributed by atoms with Gasteiger partial charge in [-0.2, -0.15) is 0 Å². The van der Waals surface area contributed by atoms with Crippen molar-refractivity contribution in [3.05, 3.63) is 29.3 Å². The monoisotopic (exact) mass is 167 g/mol. The topological polar surface area (TPSA) is 26.0 Å². The molecule has 0 atom stereocenters. The molecular weight excluding hydrogens is 158 g/mol. The van der Waals surface area contributed by atoms with Gasteiger partial charge in [-0.15, -0.1) is 12.6 Å². The summed E-state index contributed by atoms with van der Waals surface area (Å²) < 4.78 is 5.21. The summed E-state index contributed by atoms with van der Waals surface area (Å²) in [5.74, 6) is 0.596. The third kappa shape index (κ3) is 1.54. The summed E-state index contributed by atoms with van der Waals surface area (Å²) in [4.78, 5) is 4.65. The first-order valence-electron chi connectivity index (χ1n) is 3.13. The van der Waals surface area contributed by atoms with Crippen molar-refractivity contribution in [1.29, 1.82) is 0 Å². The highest BCUT2D eigenvalue weighted by molar-refractivity contribution is 7.90. The Kier molecular flexibility index (Phi) is 2.19. The average molecular weight is 167 g/mol. The van der Waals surface area contributed by atoms with Gasteiger partial charge < -0.3 is 4.42 Å². The summed E-state index contributed by atoms with van der Waals surface area (Å²) in [5, 5.41) is 0.604. The number of oxazole rings is 1. The van der Waals surface area contributed by atoms with Crippen LogP contribution in [0.15, 0.2) is 17.1 Å². The molecule has 11 heavy (non-hydrogen) atoms. The zero-order chi connectivity index (χ0) is 8.43. The van der Waals surface area contributed by atoms with Gasteiger partial charge in [0.25, 0.3) is 0 Å². The Hall–Kier alpha value is -0.960. The van der Waals surface area contributed by atoms with Crippen LogP contribution in [0.3, 0.4) is 0 Å². The third-order valence-electron chi connectivity index (χ3n) is 1.23. The molecule has 0 aliphatic carbocycles. The van der Waals surface area contributed by atoms with Crippen LogP contribution in [-0.4, -0.2) is 4.98 Å². The van der Waals surface area contributed by atoms with Crippen LogP contribution >= 0.6 is 12.6 Å². The van der Waals surface area contributed by atoms with E-state index in [1.165, 1.54) is 0 Å². The molecule has 3 heteroatoms. The molecule has 2 nitrogen and oxygen atoms in total. The van der Waals surface area contributed by atoms with E-state index in [9.17, 15) is 0 Å². The van der Waals surface area contributed by atoms with Crippen molar-refractivity contribution < 1.29 is 4.42 Å². The van der Waals surface area contributed by atoms with Gasteiger partial charge in [0.05, 0.1) is 0 Å². The molecule has 0 saturated heterocycles. The van der Waals surface area contributed by atoms with E-state index in [1.807, 2.05) is 0 Å². The molecule has 58 valence electrons. The highest BCUT2D eigenvalue weighted by Crippen LogP contribution is 1.97. The van der Waals surface area contributed by atoms with Gasteiger partial charge in [0.15, 0.2) is 11.3 Å². The number of nitrogens with zero attached hydrogens (tertiary/aromatic N) is 1. The molecule has 0 saturated carbocycles. The number of aryl methyl sites for hydroxylation is 1. The van der Waals surface area contributed by atoms with Gasteiger partial charge in [-0.3, -0.25) is 0 Å². The molecule has 0 unspecified atom stereocenters. The minimum Gasteiger partial charge on any atom is -0.440 e. The lowest BCUT2D eigenvalue weighted by atomic mass is 10.5. The Morgan fingerprint density at radius 1 is 1.73 bits per heavy atom. The largest absolute Gasteiger partial charge is 0.440 e. The zero-order valence-electron chi connectivity index (χ0n) is 6.29. The van der Waals surface area contributed by atoms with Crippen molar-refractivity contribution in [2.24, 2.45) is 0 Å². The highest BCUT2D eigenvalue weighted by Gasteiger charge is 1.95. The minimum absolute atomic E-state index is 0.596. The number of rotatable bonds is 1. The van der Waals surface area contributed by atoms with Gasteiger partial charge in [0.1, 0.15) is 5.35 Å². The zero-order valence-corrected chi connectivity index (χ0v) is 7.19. The van der Waals surface area contributed by atoms with Crippen molar-refractivity contribution in [3.8, 4) is 0 Å². The lowest BCUT2D eigenvalue weighted by Gasteiger charge is -1.81. The number of thiol groups is 1. The molecule has 1 aromatic rings. The van der Waals surface area contributed by atoms with Gasteiger partial charge in [-0.05, 0) is 0 Å². The summed E-state index contributed by atoms with van der Waals surface area (Å²) in [6, 6.07) is 0. The fraction of sp³-hybridized carbons (Fsp3) is 0.125. The summed E-state index contributed by atoms with van der Waals surface area (Å²) in [6.07, 6.45) is 1.59. The second-order valence-electron chi connectivity index (χ2n) is 2.10. The predicted octanol–water partition coefficient (Wildman–Crippen LogP) is 0.617. The first kappa shape index (κ1) is 8.14. The lowest BCUT2D eigenvalue weighted by Crippen LogP contribution is -2.21. The van der Waals surface area contributed by atoms with Crippen LogP contribution in [-0.2, 0) is 0 Å². The van der Waals surface area contributed by atoms with Gasteiger partial charge in [-0.25, -0.2) is 4.98 Å². The second-order valence-corrected chi connectivity index (χ2v) is 2.58. The van der Waals surface area contributed by atoms with Crippen LogP contribution < -0.4 is 10.8 Å². The van der Waals surface area contributed by atoms with Crippen molar-refractivity contribution in [2.45, 2.75) is 6.92 Å². The molecule has 0 amide bonds. The predicted molar refractivity (Wildman–Crippen MR) is 48.6 cm³/mol. The van der Waals surface area contributed by atoms with Crippen LogP contribution in [0.5, 0.6) is 0 Å². The van der Waals surface area contributed by atoms with E-state index < -0.39 is 0 Å². The standard InChI is InChI=1S/C8H9NOS/c1-4-7(11)8-5(2)9-6(3)10-8/h4,11H,1-2H2,3H3/b8-7-. The van der Waals surface area contributed by atoms with Crippen LogP contribution in [0.2, 0.25) is 0 Å². The summed E-state index contributed by atoms with van der Waals surface area (Å²) >= 11 is 4.13. The molecule has 1 heterocycles. The van der Waals surface area contributed by atoms with Crippen molar-refractivity contribution in [2.75, 3.05) is 0 Å². The maximum absolute atomic E-state index is 5.21. The number of aromatic nitrogens is 1. The minimum atomic E-state index is 0.596. The molecule has 0 aliphatic rings. The molecule has 1 rings (SSSR count). The van der Waals surface area contributed by atoms with Gasteiger partial charge >= 0.3 is 0 Å². The maximum Gasteiger partial charge on any atom is 0.192 e. The van der Waals surface area contributed by atoms with E-state index in [-0.39, 0.29) is 0 Å². The Morgan fingerprint density at radius 2 is 2.36 bits per heavy atom. The molecule has 0 bridgehead atoms. The average Bonchev–Trinajstić information content (AvgIpc) is 2.28. The summed E-state index contributed by atoms with van der Waals surface area (Å²) in [5.41, 5.74) is 0.598. The van der Waals surface area contributed by atoms with Crippen LogP contribution in [0.4, 0.5) is 0 Å². The van der Waals surface area contributed by atoms with Gasteiger partial charge in [0, 0.05) is 11.8 Å². The van der Waals surface area contributed by atoms with Crippen molar-refractivity contribution in [1.82, 2.24) is 4.98 Å². The number of hydrogen-bond acceptors (Lipinski definition) is 3. The van der Waals surface area contributed by atoms with Crippen LogP contribution in [0, 0.1) is 6.92 Å². The summed E-state index contributed by atoms with van der Waals surface area (Å²) in [7, 11) is 0. The lowest BCUT2D eigenvalue weighted by molar-refractivity contribution is 0.491. The number of hydrogen-bond donors (Lipinski definition) is 1. The third-order valence-corrected chi connectivity index (χ3v) is 1.62. The van der Waals surface area contributed by atoms with Crippen molar-refractivity contribution >= 4 is 24.1 Å². The molecule has 0 aliphatic heterocycles. The molecule has 0 spiro atoms. The van der Waals surface area contributed by atoms with E-state index in [4.69, 9.17) is 4.42 Å². The molecule has 0 radical (unpaired) electrons. The van der Waals surface area contributed by atoms with E-state index >= 15 is 0 Å². The Morgan fingerprint density at radius 3 is 2.73 bits per heavy atom. The molecule has 0 aromatic carbocycles. The van der Waals surface area contributed by atoms with Gasteiger partial charge in [-0.1, -0.05) is 19.2 Å². The van der Waals surface area contributed by atoms with Crippen molar-refractivity contribution in [3.63, 3.8) is 0 Å². The Bertz CT molecular complexity index is 377. The van der Waals surface area contributed by atoms with E-state index in [2.05, 4.69) is 30.8 Å². The second kappa shape index (κ2) is 2.96. The first-order chi connectivity index (χ1) is 5.15. The van der Waals surface area contributed by atoms with Gasteiger partial charge in [0.2, 0.25) is 0 Å². The maximum atomic E-state index is 5.21. The highest BCUT2D eigenvalue weighted by atomic mass is 32.1. The Balaban J connectivity index is 3.58. The van der Waals surface area contributed by atoms with E-state index in [1.54, 1.807) is 13.0 Å². The SMILES string of the molecule is C=C/C(S)=c1/oc(C)nc1=C. The quantitative estimate of drug-likeness (QED) is 0.620. The summed E-state index contributed by atoms with van der Waals surface area (Å²) in [6.45, 7) is 9.01. The Labute approximate surface area is 70.4 Å². The first-order valence-corrected chi connectivity index (χ1v) is 3.58. The van der Waals surface area contributed by atoms with E-state index in [0.717, 1.165) is 0 Å². The fourth-order valence-corrected chi connectivity index (χ4v) is 0.938. The fourth-order valence-electron chi connectivity index (χ4n) is 0.763.